The molecule has 0 radical (unpaired) electrons. The number of benzene rings is 1. The van der Waals surface area contributed by atoms with Crippen LogP contribution in [-0.4, -0.2) is 73.5 Å². The Morgan fingerprint density at radius 2 is 1.93 bits per heavy atom. The summed E-state index contributed by atoms with van der Waals surface area (Å²) >= 11 is 1.27. The maximum Gasteiger partial charge on any atom is 0.329 e. The Morgan fingerprint density at radius 1 is 1.12 bits per heavy atom. The van der Waals surface area contributed by atoms with Crippen molar-refractivity contribution in [1.29, 1.82) is 0 Å². The summed E-state index contributed by atoms with van der Waals surface area (Å²) in [6.07, 6.45) is 7.79. The topological polar surface area (TPSA) is 140 Å². The number of nitrogens with one attached hydrogen (secondary N) is 1. The van der Waals surface area contributed by atoms with Crippen molar-refractivity contribution in [2.75, 3.05) is 13.1 Å². The second-order valence-corrected chi connectivity index (χ2v) is 14.4. The normalized spacial score (nSPS) is 23.0. The Bertz CT molecular complexity index is 1580. The first-order valence-corrected chi connectivity index (χ1v) is 17.1. The average molecular weight is 611 g/mol. The number of nitrogens with zero attached hydrogens (tertiary/aromatic N) is 3. The number of hydrogen-bond donors (Lipinski definition) is 3. The lowest BCUT2D eigenvalue weighted by atomic mass is 9.88. The molecule has 222 valence electrons. The predicted octanol–water partition coefficient (Wildman–Crippen LogP) is 3.80. The number of aromatic nitrogens is 1. The molecule has 3 saturated heterocycles. The van der Waals surface area contributed by atoms with Crippen molar-refractivity contribution in [3.8, 4) is 0 Å². The van der Waals surface area contributed by atoms with Gasteiger partial charge in [-0.3, -0.25) is 23.9 Å². The number of amides is 3. The van der Waals surface area contributed by atoms with Gasteiger partial charge in [-0.2, -0.15) is 0 Å². The van der Waals surface area contributed by atoms with Crippen molar-refractivity contribution in [3.63, 3.8) is 0 Å². The highest BCUT2D eigenvalue weighted by atomic mass is 32.1. The van der Waals surface area contributed by atoms with Crippen LogP contribution in [-0.2, 0) is 26.7 Å². The van der Waals surface area contributed by atoms with E-state index in [9.17, 15) is 28.7 Å². The number of aryl methyl sites for hydroxylation is 1. The van der Waals surface area contributed by atoms with Gasteiger partial charge in [-0.25, -0.2) is 0 Å². The van der Waals surface area contributed by atoms with Crippen LogP contribution < -0.4 is 5.32 Å². The molecule has 3 aliphatic rings. The molecule has 42 heavy (non-hydrogen) atoms. The first-order chi connectivity index (χ1) is 20.1. The third-order valence-electron chi connectivity index (χ3n) is 8.83. The minimum absolute atomic E-state index is 0.00668. The standard InChI is InChI=1S/C30H35N4O6PS/c1-2-19-10-11-31-14-23(19)21-15-33(16-21)30(37)25-8-7-22-4-3-5-24(29(36)34(22)25)32-28(35)27-13-20-12-18(17-41(38,39)40)6-9-26(20)42-27/h6,9-14,21-22,24-25H,2-5,7-8,15-17H2,1H3,(H,32,35)(H2,38,39,40)/t22-,24-,25-/m0/s1. The Kier molecular flexibility index (Phi) is 7.95. The van der Waals surface area contributed by atoms with E-state index >= 15 is 0 Å². The monoisotopic (exact) mass is 610 g/mol. The van der Waals surface area contributed by atoms with Gasteiger partial charge in [0.1, 0.15) is 12.1 Å². The van der Waals surface area contributed by atoms with Gasteiger partial charge < -0.3 is 24.9 Å². The lowest BCUT2D eigenvalue weighted by Crippen LogP contribution is -2.58. The smallest absolute Gasteiger partial charge is 0.329 e. The van der Waals surface area contributed by atoms with Crippen LogP contribution in [0.25, 0.3) is 10.1 Å². The molecule has 3 aliphatic heterocycles. The van der Waals surface area contributed by atoms with E-state index in [-0.39, 0.29) is 35.8 Å². The zero-order valence-corrected chi connectivity index (χ0v) is 25.2. The molecule has 6 rings (SSSR count). The van der Waals surface area contributed by atoms with Crippen LogP contribution >= 0.6 is 18.9 Å². The molecule has 10 nitrogen and oxygen atoms in total. The van der Waals surface area contributed by atoms with Gasteiger partial charge in [-0.15, -0.1) is 11.3 Å². The van der Waals surface area contributed by atoms with E-state index in [4.69, 9.17) is 0 Å². The summed E-state index contributed by atoms with van der Waals surface area (Å²) in [7, 11) is -4.21. The summed E-state index contributed by atoms with van der Waals surface area (Å²) in [5.74, 6) is -0.299. The molecule has 1 aromatic carbocycles. The highest BCUT2D eigenvalue weighted by Crippen LogP contribution is 2.40. The lowest BCUT2D eigenvalue weighted by molar-refractivity contribution is -0.148. The van der Waals surface area contributed by atoms with Crippen molar-refractivity contribution >= 4 is 46.7 Å². The molecule has 0 spiro atoms. The van der Waals surface area contributed by atoms with E-state index in [1.54, 1.807) is 35.4 Å². The lowest BCUT2D eigenvalue weighted by Gasteiger charge is -2.43. The Hall–Kier alpha value is -3.11. The summed E-state index contributed by atoms with van der Waals surface area (Å²) in [5, 5.41) is 3.65. The van der Waals surface area contributed by atoms with Gasteiger partial charge in [0, 0.05) is 42.1 Å². The Balaban J connectivity index is 1.13. The largest absolute Gasteiger partial charge is 0.340 e. The van der Waals surface area contributed by atoms with Crippen LogP contribution in [0.1, 0.15) is 71.3 Å². The van der Waals surface area contributed by atoms with Crippen LogP contribution in [0.2, 0.25) is 0 Å². The van der Waals surface area contributed by atoms with Crippen LogP contribution in [0.5, 0.6) is 0 Å². The quantitative estimate of drug-likeness (QED) is 0.346. The van der Waals surface area contributed by atoms with Gasteiger partial charge in [0.25, 0.3) is 5.91 Å². The Labute approximate surface area is 248 Å². The number of rotatable bonds is 7. The molecule has 3 N–H and O–H groups in total. The molecule has 0 saturated carbocycles. The number of thiophene rings is 1. The fourth-order valence-electron chi connectivity index (χ4n) is 6.70. The molecule has 3 amide bonds. The molecule has 3 fully saturated rings. The zero-order valence-electron chi connectivity index (χ0n) is 23.4. The first kappa shape index (κ1) is 29.0. The summed E-state index contributed by atoms with van der Waals surface area (Å²) in [4.78, 5) is 67.6. The number of pyridine rings is 1. The van der Waals surface area contributed by atoms with E-state index in [1.807, 2.05) is 17.2 Å². The second kappa shape index (κ2) is 11.5. The number of likely N-dealkylation sites (tertiary alicyclic amines) is 1. The average Bonchev–Trinajstić information content (AvgIpc) is 3.51. The van der Waals surface area contributed by atoms with Crippen molar-refractivity contribution in [2.24, 2.45) is 0 Å². The van der Waals surface area contributed by atoms with Crippen LogP contribution in [0, 0.1) is 0 Å². The fraction of sp³-hybridized carbons (Fsp3) is 0.467. The highest BCUT2D eigenvalue weighted by Gasteiger charge is 2.47. The highest BCUT2D eigenvalue weighted by molar-refractivity contribution is 7.50. The van der Waals surface area contributed by atoms with E-state index < -0.39 is 19.7 Å². The molecular weight excluding hydrogens is 575 g/mol. The second-order valence-electron chi connectivity index (χ2n) is 11.6. The van der Waals surface area contributed by atoms with Crippen LogP contribution in [0.4, 0.5) is 0 Å². The van der Waals surface area contributed by atoms with E-state index in [0.29, 0.717) is 36.4 Å². The molecule has 0 aliphatic carbocycles. The third kappa shape index (κ3) is 5.75. The van der Waals surface area contributed by atoms with Gasteiger partial charge in [0.2, 0.25) is 11.8 Å². The SMILES string of the molecule is CCc1ccncc1C1CN(C(=O)[C@@H]2CC[C@@H]3CCC[C@H](NC(=O)c4cc5cc(CP(=O)(O)O)ccc5s4)C(=O)N32)C1. The summed E-state index contributed by atoms with van der Waals surface area (Å²) in [6.45, 7) is 3.37. The third-order valence-corrected chi connectivity index (χ3v) is 10.7. The van der Waals surface area contributed by atoms with E-state index in [0.717, 1.165) is 35.8 Å². The molecule has 3 aromatic rings. The fourth-order valence-corrected chi connectivity index (χ4v) is 8.32. The van der Waals surface area contributed by atoms with Crippen molar-refractivity contribution in [1.82, 2.24) is 20.1 Å². The minimum Gasteiger partial charge on any atom is -0.340 e. The van der Waals surface area contributed by atoms with E-state index in [2.05, 4.69) is 17.2 Å². The summed E-state index contributed by atoms with van der Waals surface area (Å²) in [5.41, 5.74) is 2.95. The predicted molar refractivity (Wildman–Crippen MR) is 159 cm³/mol. The van der Waals surface area contributed by atoms with Crippen LogP contribution in [0.15, 0.2) is 42.7 Å². The Morgan fingerprint density at radius 3 is 2.69 bits per heavy atom. The molecule has 12 heteroatoms. The maximum atomic E-state index is 13.8. The first-order valence-electron chi connectivity index (χ1n) is 14.5. The molecule has 2 aromatic heterocycles. The number of carbonyl (C=O) groups excluding carboxylic acids is 3. The molecule has 0 bridgehead atoms. The molecule has 5 heterocycles. The van der Waals surface area contributed by atoms with E-state index in [1.165, 1.54) is 22.5 Å². The van der Waals surface area contributed by atoms with Gasteiger partial charge in [-0.05, 0) is 84.9 Å². The molecule has 0 unspecified atom stereocenters. The van der Waals surface area contributed by atoms with Crippen LogP contribution in [0.3, 0.4) is 0 Å². The molecule has 3 atom stereocenters. The van der Waals surface area contributed by atoms with Crippen molar-refractivity contribution in [2.45, 2.75) is 75.7 Å². The number of fused-ring (bicyclic) bond motifs is 2. The summed E-state index contributed by atoms with van der Waals surface area (Å²) < 4.78 is 12.2. The maximum absolute atomic E-state index is 13.8. The summed E-state index contributed by atoms with van der Waals surface area (Å²) in [6, 6.07) is 7.61. The molecular formula is C30H35N4O6PS. The van der Waals surface area contributed by atoms with Gasteiger partial charge in [0.05, 0.1) is 11.0 Å². The van der Waals surface area contributed by atoms with Crippen molar-refractivity contribution < 1.29 is 28.7 Å². The number of hydrogen-bond acceptors (Lipinski definition) is 6. The zero-order chi connectivity index (χ0) is 29.6. The number of carbonyl (C=O) groups is 3. The minimum atomic E-state index is -4.21. The van der Waals surface area contributed by atoms with Crippen molar-refractivity contribution in [3.05, 3.63) is 64.3 Å². The van der Waals surface area contributed by atoms with Gasteiger partial charge in [-0.1, -0.05) is 13.0 Å². The van der Waals surface area contributed by atoms with Gasteiger partial charge >= 0.3 is 7.60 Å². The van der Waals surface area contributed by atoms with Gasteiger partial charge in [0.15, 0.2) is 0 Å².